The molecule has 0 spiro atoms. The topological polar surface area (TPSA) is 58.3 Å². The van der Waals surface area contributed by atoms with Crippen LogP contribution in [0.2, 0.25) is 5.02 Å². The zero-order chi connectivity index (χ0) is 14.7. The number of nitrogens with zero attached hydrogens (tertiary/aromatic N) is 4. The van der Waals surface area contributed by atoms with Crippen LogP contribution in [0.4, 0.5) is 11.6 Å². The summed E-state index contributed by atoms with van der Waals surface area (Å²) in [5, 5.41) is 0.800. The van der Waals surface area contributed by atoms with E-state index in [2.05, 4.69) is 25.8 Å². The first-order chi connectivity index (χ1) is 10.3. The fourth-order valence-electron chi connectivity index (χ4n) is 2.47. The standard InChI is InChI=1S/C15H18ClN5/c16-13-3-1-2-4-14(13)20-5-7-21(8-6-20)15-18-10-12(9-17)11-19-15/h1-4,10-11H,5-9,17H2. The molecule has 0 unspecified atom stereocenters. The maximum Gasteiger partial charge on any atom is 0.225 e. The summed E-state index contributed by atoms with van der Waals surface area (Å²) in [5.41, 5.74) is 7.61. The van der Waals surface area contributed by atoms with E-state index in [4.69, 9.17) is 17.3 Å². The van der Waals surface area contributed by atoms with Crippen molar-refractivity contribution in [2.45, 2.75) is 6.54 Å². The Hall–Kier alpha value is -1.85. The number of rotatable bonds is 3. The summed E-state index contributed by atoms with van der Waals surface area (Å²) in [6, 6.07) is 7.96. The second kappa shape index (κ2) is 6.28. The molecular weight excluding hydrogens is 286 g/mol. The van der Waals surface area contributed by atoms with E-state index < -0.39 is 0 Å². The minimum atomic E-state index is 0.473. The Labute approximate surface area is 129 Å². The molecule has 1 aliphatic heterocycles. The monoisotopic (exact) mass is 303 g/mol. The molecule has 110 valence electrons. The third kappa shape index (κ3) is 3.09. The third-order valence-corrected chi connectivity index (χ3v) is 4.00. The fraction of sp³-hybridized carbons (Fsp3) is 0.333. The van der Waals surface area contributed by atoms with Crippen molar-refractivity contribution in [3.8, 4) is 0 Å². The maximum atomic E-state index is 6.25. The van der Waals surface area contributed by atoms with Crippen LogP contribution in [-0.4, -0.2) is 36.1 Å². The SMILES string of the molecule is NCc1cnc(N2CCN(c3ccccc3Cl)CC2)nc1. The molecular formula is C15H18ClN5. The van der Waals surface area contributed by atoms with Gasteiger partial charge in [-0.1, -0.05) is 23.7 Å². The molecule has 1 fully saturated rings. The molecule has 0 bridgehead atoms. The highest BCUT2D eigenvalue weighted by molar-refractivity contribution is 6.33. The second-order valence-corrected chi connectivity index (χ2v) is 5.43. The van der Waals surface area contributed by atoms with Crippen molar-refractivity contribution in [2.75, 3.05) is 36.0 Å². The molecule has 1 aromatic heterocycles. The highest BCUT2D eigenvalue weighted by Crippen LogP contribution is 2.26. The number of hydrogen-bond acceptors (Lipinski definition) is 5. The third-order valence-electron chi connectivity index (χ3n) is 3.68. The highest BCUT2D eigenvalue weighted by atomic mass is 35.5. The predicted molar refractivity (Wildman–Crippen MR) is 85.8 cm³/mol. The Morgan fingerprint density at radius 1 is 1.00 bits per heavy atom. The van der Waals surface area contributed by atoms with E-state index in [0.29, 0.717) is 6.54 Å². The summed E-state index contributed by atoms with van der Waals surface area (Å²) in [6.45, 7) is 4.05. The van der Waals surface area contributed by atoms with Crippen LogP contribution in [0.3, 0.4) is 0 Å². The maximum absolute atomic E-state index is 6.25. The predicted octanol–water partition coefficient (Wildman–Crippen LogP) is 1.92. The van der Waals surface area contributed by atoms with Gasteiger partial charge in [-0.15, -0.1) is 0 Å². The average Bonchev–Trinajstić information content (AvgIpc) is 2.56. The highest BCUT2D eigenvalue weighted by Gasteiger charge is 2.20. The first-order valence-electron chi connectivity index (χ1n) is 7.03. The van der Waals surface area contributed by atoms with Crippen LogP contribution in [-0.2, 0) is 6.54 Å². The fourth-order valence-corrected chi connectivity index (χ4v) is 2.73. The molecule has 2 heterocycles. The largest absolute Gasteiger partial charge is 0.367 e. The Morgan fingerprint density at radius 3 is 2.24 bits per heavy atom. The molecule has 5 nitrogen and oxygen atoms in total. The van der Waals surface area contributed by atoms with Gasteiger partial charge in [0.05, 0.1) is 10.7 Å². The van der Waals surface area contributed by atoms with Crippen molar-refractivity contribution in [3.05, 3.63) is 47.2 Å². The first kappa shape index (κ1) is 14.1. The second-order valence-electron chi connectivity index (χ2n) is 5.02. The van der Waals surface area contributed by atoms with Gasteiger partial charge < -0.3 is 15.5 Å². The van der Waals surface area contributed by atoms with Gasteiger partial charge in [0.2, 0.25) is 5.95 Å². The van der Waals surface area contributed by atoms with Gasteiger partial charge in [0, 0.05) is 50.7 Å². The van der Waals surface area contributed by atoms with Crippen molar-refractivity contribution < 1.29 is 0 Å². The minimum absolute atomic E-state index is 0.473. The molecule has 2 aromatic rings. The van der Waals surface area contributed by atoms with Crippen LogP contribution in [0.15, 0.2) is 36.7 Å². The van der Waals surface area contributed by atoms with E-state index in [1.165, 1.54) is 0 Å². The molecule has 0 amide bonds. The molecule has 21 heavy (non-hydrogen) atoms. The number of piperazine rings is 1. The number of para-hydroxylation sites is 1. The number of aromatic nitrogens is 2. The lowest BCUT2D eigenvalue weighted by Crippen LogP contribution is -2.47. The molecule has 3 rings (SSSR count). The number of halogens is 1. The van der Waals surface area contributed by atoms with Crippen LogP contribution < -0.4 is 15.5 Å². The van der Waals surface area contributed by atoms with Crippen LogP contribution in [0, 0.1) is 0 Å². The van der Waals surface area contributed by atoms with E-state index in [-0.39, 0.29) is 0 Å². The van der Waals surface area contributed by atoms with Crippen LogP contribution >= 0.6 is 11.6 Å². The number of hydrogen-bond donors (Lipinski definition) is 1. The molecule has 0 saturated carbocycles. The lowest BCUT2D eigenvalue weighted by atomic mass is 10.2. The number of anilines is 2. The van der Waals surface area contributed by atoms with E-state index in [0.717, 1.165) is 48.4 Å². The van der Waals surface area contributed by atoms with Crippen molar-refractivity contribution >= 4 is 23.2 Å². The van der Waals surface area contributed by atoms with Crippen LogP contribution in [0.1, 0.15) is 5.56 Å². The summed E-state index contributed by atoms with van der Waals surface area (Å²) in [6.07, 6.45) is 3.59. The lowest BCUT2D eigenvalue weighted by Gasteiger charge is -2.36. The molecule has 6 heteroatoms. The van der Waals surface area contributed by atoms with Crippen LogP contribution in [0.5, 0.6) is 0 Å². The average molecular weight is 304 g/mol. The summed E-state index contributed by atoms with van der Waals surface area (Å²) < 4.78 is 0. The molecule has 0 radical (unpaired) electrons. The number of nitrogens with two attached hydrogens (primary N) is 1. The van der Waals surface area contributed by atoms with Crippen molar-refractivity contribution in [1.29, 1.82) is 0 Å². The zero-order valence-corrected chi connectivity index (χ0v) is 12.5. The lowest BCUT2D eigenvalue weighted by molar-refractivity contribution is 0.639. The van der Waals surface area contributed by atoms with Gasteiger partial charge in [-0.05, 0) is 12.1 Å². The first-order valence-corrected chi connectivity index (χ1v) is 7.41. The normalized spacial score (nSPS) is 15.3. The van der Waals surface area contributed by atoms with E-state index in [9.17, 15) is 0 Å². The van der Waals surface area contributed by atoms with Gasteiger partial charge in [-0.2, -0.15) is 0 Å². The van der Waals surface area contributed by atoms with Gasteiger partial charge in [-0.25, -0.2) is 9.97 Å². The van der Waals surface area contributed by atoms with Gasteiger partial charge in [-0.3, -0.25) is 0 Å². The summed E-state index contributed by atoms with van der Waals surface area (Å²) >= 11 is 6.25. The number of benzene rings is 1. The van der Waals surface area contributed by atoms with E-state index in [1.54, 1.807) is 12.4 Å². The Balaban J connectivity index is 1.66. The molecule has 0 atom stereocenters. The molecule has 1 aliphatic rings. The van der Waals surface area contributed by atoms with Gasteiger partial charge in [0.25, 0.3) is 0 Å². The Kier molecular flexibility index (Phi) is 4.22. The molecule has 1 saturated heterocycles. The van der Waals surface area contributed by atoms with Crippen molar-refractivity contribution in [1.82, 2.24) is 9.97 Å². The summed E-state index contributed by atoms with van der Waals surface area (Å²) in [4.78, 5) is 13.2. The van der Waals surface area contributed by atoms with Gasteiger partial charge in [0.15, 0.2) is 0 Å². The summed E-state index contributed by atoms with van der Waals surface area (Å²) in [7, 11) is 0. The quantitative estimate of drug-likeness (QED) is 0.939. The molecule has 2 N–H and O–H groups in total. The zero-order valence-electron chi connectivity index (χ0n) is 11.7. The molecule has 0 aliphatic carbocycles. The molecule has 1 aromatic carbocycles. The van der Waals surface area contributed by atoms with Gasteiger partial charge in [0.1, 0.15) is 0 Å². The van der Waals surface area contributed by atoms with E-state index in [1.807, 2.05) is 18.2 Å². The minimum Gasteiger partial charge on any atom is -0.367 e. The van der Waals surface area contributed by atoms with Crippen molar-refractivity contribution in [2.24, 2.45) is 5.73 Å². The van der Waals surface area contributed by atoms with E-state index >= 15 is 0 Å². The summed E-state index contributed by atoms with van der Waals surface area (Å²) in [5.74, 6) is 0.769. The smallest absolute Gasteiger partial charge is 0.225 e. The Morgan fingerprint density at radius 2 is 1.62 bits per heavy atom. The van der Waals surface area contributed by atoms with Gasteiger partial charge >= 0.3 is 0 Å². The van der Waals surface area contributed by atoms with Crippen LogP contribution in [0.25, 0.3) is 0 Å². The Bertz CT molecular complexity index is 593. The van der Waals surface area contributed by atoms with Crippen molar-refractivity contribution in [3.63, 3.8) is 0 Å².